The molecule has 1 aromatic carbocycles. The summed E-state index contributed by atoms with van der Waals surface area (Å²) in [5.41, 5.74) is 1.43. The van der Waals surface area contributed by atoms with Crippen LogP contribution in [0.4, 0.5) is 0 Å². The van der Waals surface area contributed by atoms with E-state index in [-0.39, 0.29) is 0 Å². The lowest BCUT2D eigenvalue weighted by molar-refractivity contribution is 0.174. The summed E-state index contributed by atoms with van der Waals surface area (Å²) in [6.45, 7) is 8.20. The van der Waals surface area contributed by atoms with Crippen LogP contribution < -0.4 is 0 Å². The Balaban J connectivity index is 1.90. The van der Waals surface area contributed by atoms with Gasteiger partial charge in [0.1, 0.15) is 0 Å². The highest BCUT2D eigenvalue weighted by atomic mass is 15.2. The highest BCUT2D eigenvalue weighted by Gasteiger charge is 2.11. The molecule has 1 fully saturated rings. The van der Waals surface area contributed by atoms with Crippen LogP contribution in [0, 0.1) is 0 Å². The minimum atomic E-state index is 1.08. The third-order valence-corrected chi connectivity index (χ3v) is 3.92. The van der Waals surface area contributed by atoms with Gasteiger partial charge in [-0.05, 0) is 39.2 Å². The smallest absolute Gasteiger partial charge is 0.0234 e. The Morgan fingerprint density at radius 1 is 0.789 bits per heavy atom. The van der Waals surface area contributed by atoms with Gasteiger partial charge in [-0.1, -0.05) is 30.3 Å². The zero-order valence-corrected chi connectivity index (χ0v) is 12.4. The van der Waals surface area contributed by atoms with E-state index in [1.165, 1.54) is 51.3 Å². The van der Waals surface area contributed by atoms with Crippen LogP contribution in [0.2, 0.25) is 0 Å². The lowest BCUT2D eigenvalue weighted by atomic mass is 10.2. The highest BCUT2D eigenvalue weighted by molar-refractivity contribution is 5.14. The summed E-state index contributed by atoms with van der Waals surface area (Å²) in [5, 5.41) is 0. The molecule has 0 amide bonds. The van der Waals surface area contributed by atoms with Gasteiger partial charge in [-0.25, -0.2) is 0 Å². The van der Waals surface area contributed by atoms with Crippen molar-refractivity contribution in [2.45, 2.75) is 13.0 Å². The van der Waals surface area contributed by atoms with Crippen molar-refractivity contribution in [1.82, 2.24) is 14.7 Å². The highest BCUT2D eigenvalue weighted by Crippen LogP contribution is 2.06. The molecule has 106 valence electrons. The Morgan fingerprint density at radius 3 is 2.16 bits per heavy atom. The molecule has 0 bridgehead atoms. The summed E-state index contributed by atoms with van der Waals surface area (Å²) in [6.07, 6.45) is 1.27. The van der Waals surface area contributed by atoms with Crippen LogP contribution in [0.3, 0.4) is 0 Å². The van der Waals surface area contributed by atoms with E-state index in [0.29, 0.717) is 0 Å². The monoisotopic (exact) mass is 261 g/mol. The first-order chi connectivity index (χ1) is 9.24. The van der Waals surface area contributed by atoms with Gasteiger partial charge < -0.3 is 9.80 Å². The van der Waals surface area contributed by atoms with Crippen molar-refractivity contribution in [3.8, 4) is 0 Å². The second-order valence-electron chi connectivity index (χ2n) is 5.72. The second kappa shape index (κ2) is 7.63. The van der Waals surface area contributed by atoms with Crippen molar-refractivity contribution in [2.24, 2.45) is 0 Å². The van der Waals surface area contributed by atoms with Gasteiger partial charge in [-0.3, -0.25) is 4.90 Å². The van der Waals surface area contributed by atoms with Crippen LogP contribution >= 0.6 is 0 Å². The van der Waals surface area contributed by atoms with E-state index in [2.05, 4.69) is 59.1 Å². The molecule has 3 heteroatoms. The molecule has 1 saturated heterocycles. The third kappa shape index (κ3) is 5.31. The minimum absolute atomic E-state index is 1.08. The van der Waals surface area contributed by atoms with Gasteiger partial charge in [0, 0.05) is 32.7 Å². The molecule has 19 heavy (non-hydrogen) atoms. The molecule has 3 nitrogen and oxygen atoms in total. The van der Waals surface area contributed by atoms with Gasteiger partial charge in [0.2, 0.25) is 0 Å². The topological polar surface area (TPSA) is 9.72 Å². The molecule has 1 heterocycles. The Hall–Kier alpha value is -0.900. The van der Waals surface area contributed by atoms with E-state index in [4.69, 9.17) is 0 Å². The van der Waals surface area contributed by atoms with E-state index in [9.17, 15) is 0 Å². The van der Waals surface area contributed by atoms with Crippen LogP contribution in [-0.2, 0) is 6.54 Å². The summed E-state index contributed by atoms with van der Waals surface area (Å²) in [4.78, 5) is 7.48. The molecule has 1 aliphatic rings. The van der Waals surface area contributed by atoms with Gasteiger partial charge >= 0.3 is 0 Å². The molecule has 0 spiro atoms. The van der Waals surface area contributed by atoms with Gasteiger partial charge in [0.25, 0.3) is 0 Å². The van der Waals surface area contributed by atoms with Gasteiger partial charge in [0.15, 0.2) is 0 Å². The molecular weight excluding hydrogens is 234 g/mol. The predicted molar refractivity (Wildman–Crippen MR) is 81.3 cm³/mol. The number of benzene rings is 1. The van der Waals surface area contributed by atoms with Gasteiger partial charge in [-0.15, -0.1) is 0 Å². The average molecular weight is 261 g/mol. The first-order valence-electron chi connectivity index (χ1n) is 7.37. The summed E-state index contributed by atoms with van der Waals surface area (Å²) in [5.74, 6) is 0. The Morgan fingerprint density at radius 2 is 1.42 bits per heavy atom. The molecule has 1 aromatic rings. The van der Waals surface area contributed by atoms with Crippen molar-refractivity contribution in [3.63, 3.8) is 0 Å². The predicted octanol–water partition coefficient (Wildman–Crippen LogP) is 1.76. The quantitative estimate of drug-likeness (QED) is 0.803. The van der Waals surface area contributed by atoms with Crippen LogP contribution in [0.5, 0.6) is 0 Å². The number of hydrogen-bond donors (Lipinski definition) is 0. The van der Waals surface area contributed by atoms with Crippen LogP contribution in [0.1, 0.15) is 12.0 Å². The SMILES string of the molecule is CN1CCCN(Cc2ccccc2)CCN(C)CC1. The molecule has 0 unspecified atom stereocenters. The van der Waals surface area contributed by atoms with E-state index < -0.39 is 0 Å². The van der Waals surface area contributed by atoms with Crippen LogP contribution in [0.25, 0.3) is 0 Å². The first-order valence-corrected chi connectivity index (χ1v) is 7.37. The van der Waals surface area contributed by atoms with Crippen molar-refractivity contribution in [3.05, 3.63) is 35.9 Å². The molecule has 0 atom stereocenters. The Labute approximate surface area is 117 Å². The largest absolute Gasteiger partial charge is 0.305 e. The van der Waals surface area contributed by atoms with Gasteiger partial charge in [0.05, 0.1) is 0 Å². The first kappa shape index (κ1) is 14.5. The molecule has 2 rings (SSSR count). The summed E-state index contributed by atoms with van der Waals surface area (Å²) < 4.78 is 0. The molecule has 1 aliphatic heterocycles. The summed E-state index contributed by atoms with van der Waals surface area (Å²) in [7, 11) is 4.47. The fraction of sp³-hybridized carbons (Fsp3) is 0.625. The number of hydrogen-bond acceptors (Lipinski definition) is 3. The Kier molecular flexibility index (Phi) is 5.83. The number of likely N-dealkylation sites (N-methyl/N-ethyl adjacent to an activating group) is 2. The number of rotatable bonds is 2. The molecule has 0 aromatic heterocycles. The normalized spacial score (nSPS) is 21.4. The Bertz CT molecular complexity index is 352. The third-order valence-electron chi connectivity index (χ3n) is 3.92. The summed E-state index contributed by atoms with van der Waals surface area (Å²) in [6, 6.07) is 10.8. The van der Waals surface area contributed by atoms with Crippen LogP contribution in [0.15, 0.2) is 30.3 Å². The van der Waals surface area contributed by atoms with Crippen molar-refractivity contribution in [1.29, 1.82) is 0 Å². The fourth-order valence-electron chi connectivity index (χ4n) is 2.55. The molecule has 0 radical (unpaired) electrons. The van der Waals surface area contributed by atoms with E-state index in [0.717, 1.165) is 6.54 Å². The van der Waals surface area contributed by atoms with E-state index in [1.807, 2.05) is 0 Å². The lowest BCUT2D eigenvalue weighted by Gasteiger charge is -2.29. The molecule has 0 aliphatic carbocycles. The molecule has 0 N–H and O–H groups in total. The summed E-state index contributed by atoms with van der Waals surface area (Å²) >= 11 is 0. The zero-order valence-electron chi connectivity index (χ0n) is 12.4. The zero-order chi connectivity index (χ0) is 13.5. The maximum atomic E-state index is 2.59. The van der Waals surface area contributed by atoms with Crippen LogP contribution in [-0.4, -0.2) is 68.1 Å². The maximum absolute atomic E-state index is 2.59. The van der Waals surface area contributed by atoms with Crippen molar-refractivity contribution >= 4 is 0 Å². The van der Waals surface area contributed by atoms with Crippen molar-refractivity contribution < 1.29 is 0 Å². The van der Waals surface area contributed by atoms with E-state index >= 15 is 0 Å². The lowest BCUT2D eigenvalue weighted by Crippen LogP contribution is -2.40. The average Bonchev–Trinajstić information content (AvgIpc) is 2.43. The van der Waals surface area contributed by atoms with E-state index in [1.54, 1.807) is 0 Å². The molecule has 0 saturated carbocycles. The second-order valence-corrected chi connectivity index (χ2v) is 5.72. The standard InChI is InChI=1S/C16H27N3/c1-17-9-6-10-19(14-13-18(2)12-11-17)15-16-7-4-3-5-8-16/h3-5,7-8H,6,9-15H2,1-2H3. The van der Waals surface area contributed by atoms with Crippen molar-refractivity contribution in [2.75, 3.05) is 53.4 Å². The number of nitrogens with zero attached hydrogens (tertiary/aromatic N) is 3. The van der Waals surface area contributed by atoms with Gasteiger partial charge in [-0.2, -0.15) is 0 Å². The maximum Gasteiger partial charge on any atom is 0.0234 e. The molecular formula is C16H27N3. The fourth-order valence-corrected chi connectivity index (χ4v) is 2.55. The minimum Gasteiger partial charge on any atom is -0.305 e.